The Morgan fingerprint density at radius 2 is 1.84 bits per heavy atom. The van der Waals surface area contributed by atoms with E-state index < -0.39 is 5.91 Å². The van der Waals surface area contributed by atoms with Gasteiger partial charge in [0.1, 0.15) is 5.56 Å². The summed E-state index contributed by atoms with van der Waals surface area (Å²) >= 11 is 0. The molecule has 0 atom stereocenters. The zero-order valence-corrected chi connectivity index (χ0v) is 13.4. The Labute approximate surface area is 144 Å². The van der Waals surface area contributed by atoms with Crippen LogP contribution in [0.5, 0.6) is 0 Å². The molecule has 3 aromatic rings. The van der Waals surface area contributed by atoms with E-state index in [-0.39, 0.29) is 11.1 Å². The number of pyridine rings is 2. The number of hydrogen-bond acceptors (Lipinski definition) is 4. The maximum absolute atomic E-state index is 12.5. The number of amides is 1. The monoisotopic (exact) mass is 332 g/mol. The smallest absolute Gasteiger partial charge is 0.276 e. The zero-order chi connectivity index (χ0) is 17.5. The minimum Gasteiger partial charge on any atom is -0.310 e. The molecule has 2 heterocycles. The third kappa shape index (κ3) is 4.26. The van der Waals surface area contributed by atoms with E-state index in [4.69, 9.17) is 0 Å². The number of nitrogens with zero attached hydrogens (tertiary/aromatic N) is 3. The molecule has 0 spiro atoms. The van der Waals surface area contributed by atoms with Crippen molar-refractivity contribution in [3.8, 4) is 0 Å². The Morgan fingerprint density at radius 1 is 1.08 bits per heavy atom. The van der Waals surface area contributed by atoms with E-state index in [0.29, 0.717) is 6.54 Å². The highest BCUT2D eigenvalue weighted by Crippen LogP contribution is 2.01. The molecule has 0 unspecified atom stereocenters. The summed E-state index contributed by atoms with van der Waals surface area (Å²) < 4.78 is 1.50. The lowest BCUT2D eigenvalue weighted by Gasteiger charge is -2.07. The first kappa shape index (κ1) is 16.3. The molecular formula is C19H16N4O2. The second-order valence-electron chi connectivity index (χ2n) is 5.32. The standard InChI is InChI=1S/C19H16N4O2/c24-18(22-21-13-15-8-10-20-11-9-15)17-7-4-12-23(19(17)25)14-16-5-2-1-3-6-16/h1-13H,14H2,(H,22,24)/b21-13-. The van der Waals surface area contributed by atoms with Crippen molar-refractivity contribution >= 4 is 12.1 Å². The van der Waals surface area contributed by atoms with Crippen molar-refractivity contribution in [3.05, 3.63) is 100 Å². The SMILES string of the molecule is O=C(N/N=C\c1ccncc1)c1cccn(Cc2ccccc2)c1=O. The van der Waals surface area contributed by atoms with E-state index in [1.807, 2.05) is 30.3 Å². The van der Waals surface area contributed by atoms with Gasteiger partial charge in [-0.3, -0.25) is 14.6 Å². The maximum atomic E-state index is 12.5. The molecule has 0 aliphatic heterocycles. The summed E-state index contributed by atoms with van der Waals surface area (Å²) in [7, 11) is 0. The molecule has 124 valence electrons. The fourth-order valence-electron chi connectivity index (χ4n) is 2.29. The van der Waals surface area contributed by atoms with E-state index in [9.17, 15) is 9.59 Å². The van der Waals surface area contributed by atoms with E-state index >= 15 is 0 Å². The molecule has 6 nitrogen and oxygen atoms in total. The topological polar surface area (TPSA) is 76.3 Å². The van der Waals surface area contributed by atoms with Crippen LogP contribution in [0.4, 0.5) is 0 Å². The summed E-state index contributed by atoms with van der Waals surface area (Å²) in [6.45, 7) is 0.404. The first-order valence-electron chi connectivity index (χ1n) is 7.71. The zero-order valence-electron chi connectivity index (χ0n) is 13.4. The van der Waals surface area contributed by atoms with Gasteiger partial charge in [-0.1, -0.05) is 30.3 Å². The molecule has 1 aromatic carbocycles. The fraction of sp³-hybridized carbons (Fsp3) is 0.0526. The molecule has 0 aliphatic rings. The number of nitrogens with one attached hydrogen (secondary N) is 1. The number of hydrazone groups is 1. The predicted octanol–water partition coefficient (Wildman–Crippen LogP) is 2.06. The highest BCUT2D eigenvalue weighted by Gasteiger charge is 2.11. The lowest BCUT2D eigenvalue weighted by atomic mass is 10.2. The second-order valence-corrected chi connectivity index (χ2v) is 5.32. The molecule has 3 rings (SSSR count). The number of aromatic nitrogens is 2. The van der Waals surface area contributed by atoms with Gasteiger partial charge >= 0.3 is 0 Å². The summed E-state index contributed by atoms with van der Waals surface area (Å²) in [5.41, 5.74) is 3.84. The van der Waals surface area contributed by atoms with Crippen molar-refractivity contribution in [2.24, 2.45) is 5.10 Å². The van der Waals surface area contributed by atoms with E-state index in [0.717, 1.165) is 11.1 Å². The van der Waals surface area contributed by atoms with Crippen LogP contribution in [0.3, 0.4) is 0 Å². The fourth-order valence-corrected chi connectivity index (χ4v) is 2.29. The van der Waals surface area contributed by atoms with Crippen LogP contribution in [0, 0.1) is 0 Å². The maximum Gasteiger partial charge on any atom is 0.276 e. The predicted molar refractivity (Wildman–Crippen MR) is 95.5 cm³/mol. The summed E-state index contributed by atoms with van der Waals surface area (Å²) in [6, 6.07) is 16.3. The molecule has 0 fully saturated rings. The van der Waals surface area contributed by atoms with Gasteiger partial charge in [0.25, 0.3) is 11.5 Å². The van der Waals surface area contributed by atoms with Crippen LogP contribution in [0.1, 0.15) is 21.5 Å². The molecule has 25 heavy (non-hydrogen) atoms. The van der Waals surface area contributed by atoms with Crippen molar-refractivity contribution in [1.29, 1.82) is 0 Å². The average molecular weight is 332 g/mol. The summed E-state index contributed by atoms with van der Waals surface area (Å²) in [4.78, 5) is 28.6. The van der Waals surface area contributed by atoms with Crippen molar-refractivity contribution < 1.29 is 4.79 Å². The summed E-state index contributed by atoms with van der Waals surface area (Å²) in [6.07, 6.45) is 6.41. The molecule has 1 amide bonds. The Morgan fingerprint density at radius 3 is 2.60 bits per heavy atom. The normalized spacial score (nSPS) is 10.7. The van der Waals surface area contributed by atoms with Crippen LogP contribution in [-0.2, 0) is 6.54 Å². The molecule has 6 heteroatoms. The summed E-state index contributed by atoms with van der Waals surface area (Å²) in [5.74, 6) is -0.544. The quantitative estimate of drug-likeness (QED) is 0.574. The molecule has 0 saturated carbocycles. The van der Waals surface area contributed by atoms with Gasteiger partial charge < -0.3 is 4.57 Å². The van der Waals surface area contributed by atoms with Gasteiger partial charge in [-0.25, -0.2) is 5.43 Å². The number of carbonyl (C=O) groups is 1. The van der Waals surface area contributed by atoms with Crippen molar-refractivity contribution in [2.75, 3.05) is 0 Å². The molecule has 0 radical (unpaired) electrons. The molecule has 0 saturated heterocycles. The van der Waals surface area contributed by atoms with Gasteiger partial charge in [0.2, 0.25) is 0 Å². The van der Waals surface area contributed by atoms with Gasteiger partial charge in [0.05, 0.1) is 12.8 Å². The van der Waals surface area contributed by atoms with Crippen LogP contribution >= 0.6 is 0 Å². The average Bonchev–Trinajstić information content (AvgIpc) is 2.65. The Kier molecular flexibility index (Phi) is 5.11. The van der Waals surface area contributed by atoms with Crippen molar-refractivity contribution in [2.45, 2.75) is 6.54 Å². The highest BCUT2D eigenvalue weighted by atomic mass is 16.2. The van der Waals surface area contributed by atoms with Crippen molar-refractivity contribution in [3.63, 3.8) is 0 Å². The molecular weight excluding hydrogens is 316 g/mol. The Bertz CT molecular complexity index is 934. The van der Waals surface area contributed by atoms with E-state index in [1.54, 1.807) is 36.8 Å². The number of carbonyl (C=O) groups excluding carboxylic acids is 1. The lowest BCUT2D eigenvalue weighted by Crippen LogP contribution is -2.30. The van der Waals surface area contributed by atoms with Gasteiger partial charge in [0, 0.05) is 18.6 Å². The minimum absolute atomic E-state index is 0.0466. The van der Waals surface area contributed by atoms with Crippen LogP contribution in [0.25, 0.3) is 0 Å². The molecule has 0 bridgehead atoms. The van der Waals surface area contributed by atoms with Gasteiger partial charge in [-0.15, -0.1) is 0 Å². The van der Waals surface area contributed by atoms with Crippen LogP contribution in [0.15, 0.2) is 83.1 Å². The van der Waals surface area contributed by atoms with Crippen LogP contribution in [0.2, 0.25) is 0 Å². The van der Waals surface area contributed by atoms with Crippen LogP contribution in [-0.4, -0.2) is 21.7 Å². The Hall–Kier alpha value is -3.54. The highest BCUT2D eigenvalue weighted by molar-refractivity contribution is 5.94. The molecule has 2 aromatic heterocycles. The first-order chi connectivity index (χ1) is 12.2. The third-order valence-corrected chi connectivity index (χ3v) is 3.55. The number of benzene rings is 1. The van der Waals surface area contributed by atoms with Crippen molar-refractivity contribution in [1.82, 2.24) is 15.0 Å². The van der Waals surface area contributed by atoms with Gasteiger partial charge in [-0.2, -0.15) is 5.10 Å². The summed E-state index contributed by atoms with van der Waals surface area (Å²) in [5, 5.41) is 3.87. The van der Waals surface area contributed by atoms with Gasteiger partial charge in [-0.05, 0) is 35.4 Å². The number of hydrogen-bond donors (Lipinski definition) is 1. The minimum atomic E-state index is -0.544. The molecule has 1 N–H and O–H groups in total. The Balaban J connectivity index is 1.74. The van der Waals surface area contributed by atoms with E-state index in [2.05, 4.69) is 15.5 Å². The van der Waals surface area contributed by atoms with E-state index in [1.165, 1.54) is 16.8 Å². The molecule has 0 aliphatic carbocycles. The third-order valence-electron chi connectivity index (χ3n) is 3.55. The lowest BCUT2D eigenvalue weighted by molar-refractivity contribution is 0.0953. The first-order valence-corrected chi connectivity index (χ1v) is 7.71. The van der Waals surface area contributed by atoms with Crippen LogP contribution < -0.4 is 11.0 Å². The largest absolute Gasteiger partial charge is 0.310 e. The second kappa shape index (κ2) is 7.83. The number of rotatable bonds is 5. The van der Waals surface area contributed by atoms with Gasteiger partial charge in [0.15, 0.2) is 0 Å².